The van der Waals surface area contributed by atoms with Crippen LogP contribution in [0.5, 0.6) is 0 Å². The van der Waals surface area contributed by atoms with E-state index in [1.54, 1.807) is 23.9 Å². The summed E-state index contributed by atoms with van der Waals surface area (Å²) in [5.41, 5.74) is 5.29. The molecule has 1 atom stereocenters. The van der Waals surface area contributed by atoms with Crippen molar-refractivity contribution in [3.8, 4) is 0 Å². The van der Waals surface area contributed by atoms with Crippen molar-refractivity contribution in [1.82, 2.24) is 14.7 Å². The molecule has 2 rings (SSSR count). The Balaban J connectivity index is 1.98. The van der Waals surface area contributed by atoms with E-state index in [2.05, 4.69) is 0 Å². The van der Waals surface area contributed by atoms with Gasteiger partial charge in [-0.05, 0) is 25.2 Å². The number of likely N-dealkylation sites (N-methyl/N-ethyl adjacent to an activating group) is 2. The highest BCUT2D eigenvalue weighted by Gasteiger charge is 2.55. The van der Waals surface area contributed by atoms with Gasteiger partial charge in [0.25, 0.3) is 5.91 Å². The zero-order valence-electron chi connectivity index (χ0n) is 16.0. The molecule has 7 nitrogen and oxygen atoms in total. The van der Waals surface area contributed by atoms with Crippen LogP contribution in [-0.4, -0.2) is 71.3 Å². The molecule has 1 saturated carbocycles. The largest absolute Gasteiger partial charge is 0.344 e. The summed E-state index contributed by atoms with van der Waals surface area (Å²) in [4.78, 5) is 42.2. The first-order valence-electron chi connectivity index (χ1n) is 9.30. The van der Waals surface area contributed by atoms with Crippen molar-refractivity contribution in [3.05, 3.63) is 0 Å². The molecule has 1 heterocycles. The maximum Gasteiger partial charge on any atom is 0.327 e. The lowest BCUT2D eigenvalue weighted by Gasteiger charge is -2.35. The Bertz CT molecular complexity index is 528. The predicted molar refractivity (Wildman–Crippen MR) is 95.8 cm³/mol. The number of urea groups is 1. The summed E-state index contributed by atoms with van der Waals surface area (Å²) >= 11 is 0. The second kappa shape index (κ2) is 7.72. The van der Waals surface area contributed by atoms with Gasteiger partial charge < -0.3 is 15.5 Å². The fourth-order valence-electron chi connectivity index (χ4n) is 3.73. The number of carbonyl (C=O) groups excluding carboxylic acids is 3. The molecular formula is C18H32N4O3. The van der Waals surface area contributed by atoms with Gasteiger partial charge in [-0.1, -0.05) is 33.1 Å². The van der Waals surface area contributed by atoms with Crippen molar-refractivity contribution in [1.29, 1.82) is 0 Å². The molecule has 1 aliphatic carbocycles. The summed E-state index contributed by atoms with van der Waals surface area (Å²) < 4.78 is 0. The monoisotopic (exact) mass is 352 g/mol. The Labute approximate surface area is 150 Å². The Hall–Kier alpha value is -1.63. The van der Waals surface area contributed by atoms with Gasteiger partial charge in [0.05, 0.1) is 0 Å². The SMILES string of the molecule is CC(C)C(N)CCN(C)C(=O)CN1C(=O)N(C)C2(CCCCC2)C1=O. The summed E-state index contributed by atoms with van der Waals surface area (Å²) in [6, 6.07) is -0.325. The lowest BCUT2D eigenvalue weighted by molar-refractivity contribution is -0.140. The molecule has 1 unspecified atom stereocenters. The molecule has 1 saturated heterocycles. The zero-order valence-corrected chi connectivity index (χ0v) is 16.0. The van der Waals surface area contributed by atoms with Gasteiger partial charge in [-0.25, -0.2) is 4.79 Å². The molecule has 4 amide bonds. The number of nitrogens with two attached hydrogens (primary N) is 1. The average Bonchev–Trinajstić information content (AvgIpc) is 2.76. The minimum Gasteiger partial charge on any atom is -0.344 e. The Morgan fingerprint density at radius 3 is 2.40 bits per heavy atom. The van der Waals surface area contributed by atoms with Crippen molar-refractivity contribution < 1.29 is 14.4 Å². The van der Waals surface area contributed by atoms with E-state index in [0.717, 1.165) is 24.2 Å². The molecular weight excluding hydrogens is 320 g/mol. The van der Waals surface area contributed by atoms with Gasteiger partial charge in [-0.15, -0.1) is 0 Å². The molecule has 0 bridgehead atoms. The van der Waals surface area contributed by atoms with Gasteiger partial charge in [-0.2, -0.15) is 0 Å². The Morgan fingerprint density at radius 1 is 1.24 bits per heavy atom. The number of nitrogens with zero attached hydrogens (tertiary/aromatic N) is 3. The van der Waals surface area contributed by atoms with E-state index < -0.39 is 5.54 Å². The molecule has 2 fully saturated rings. The number of rotatable bonds is 6. The highest BCUT2D eigenvalue weighted by molar-refractivity contribution is 6.08. The third-order valence-electron chi connectivity index (χ3n) is 5.86. The Morgan fingerprint density at radius 2 is 1.84 bits per heavy atom. The smallest absolute Gasteiger partial charge is 0.327 e. The van der Waals surface area contributed by atoms with Crippen LogP contribution in [0, 0.1) is 5.92 Å². The van der Waals surface area contributed by atoms with E-state index >= 15 is 0 Å². The summed E-state index contributed by atoms with van der Waals surface area (Å²) in [6.07, 6.45) is 5.06. The zero-order chi connectivity index (χ0) is 18.8. The average molecular weight is 352 g/mol. The first-order chi connectivity index (χ1) is 11.7. The van der Waals surface area contributed by atoms with Crippen molar-refractivity contribution in [3.63, 3.8) is 0 Å². The number of hydrogen-bond donors (Lipinski definition) is 1. The maximum atomic E-state index is 12.9. The van der Waals surface area contributed by atoms with E-state index in [0.29, 0.717) is 31.7 Å². The van der Waals surface area contributed by atoms with Crippen molar-refractivity contribution in [2.75, 3.05) is 27.2 Å². The minimum absolute atomic E-state index is 0.0296. The summed E-state index contributed by atoms with van der Waals surface area (Å²) in [5, 5.41) is 0. The molecule has 2 aliphatic rings. The van der Waals surface area contributed by atoms with Crippen molar-refractivity contribution in [2.45, 2.75) is 64.0 Å². The van der Waals surface area contributed by atoms with Gasteiger partial charge >= 0.3 is 6.03 Å². The third-order valence-corrected chi connectivity index (χ3v) is 5.86. The summed E-state index contributed by atoms with van der Waals surface area (Å²) in [6.45, 7) is 4.44. The van der Waals surface area contributed by atoms with Crippen LogP contribution < -0.4 is 5.73 Å². The van der Waals surface area contributed by atoms with E-state index in [9.17, 15) is 14.4 Å². The van der Waals surface area contributed by atoms with Crippen LogP contribution in [0.25, 0.3) is 0 Å². The van der Waals surface area contributed by atoms with Crippen LogP contribution in [0.15, 0.2) is 0 Å². The van der Waals surface area contributed by atoms with Crippen LogP contribution in [0.1, 0.15) is 52.4 Å². The molecule has 25 heavy (non-hydrogen) atoms. The highest BCUT2D eigenvalue weighted by Crippen LogP contribution is 2.39. The topological polar surface area (TPSA) is 86.9 Å². The second-order valence-electron chi connectivity index (χ2n) is 7.84. The molecule has 7 heteroatoms. The molecule has 0 aromatic heterocycles. The minimum atomic E-state index is -0.728. The van der Waals surface area contributed by atoms with E-state index in [-0.39, 0.29) is 30.4 Å². The van der Waals surface area contributed by atoms with Crippen molar-refractivity contribution in [2.24, 2.45) is 11.7 Å². The lowest BCUT2D eigenvalue weighted by Crippen LogP contribution is -2.49. The molecule has 0 aromatic rings. The molecule has 0 radical (unpaired) electrons. The normalized spacial score (nSPS) is 21.4. The van der Waals surface area contributed by atoms with Gasteiger partial charge in [0.2, 0.25) is 5.91 Å². The van der Waals surface area contributed by atoms with Crippen LogP contribution in [-0.2, 0) is 9.59 Å². The third kappa shape index (κ3) is 3.81. The predicted octanol–water partition coefficient (Wildman–Crippen LogP) is 1.42. The van der Waals surface area contributed by atoms with E-state index in [4.69, 9.17) is 5.73 Å². The molecule has 0 aromatic carbocycles. The molecule has 1 aliphatic heterocycles. The number of imide groups is 1. The first kappa shape index (κ1) is 19.7. The van der Waals surface area contributed by atoms with Crippen LogP contribution in [0.4, 0.5) is 4.79 Å². The van der Waals surface area contributed by atoms with Crippen LogP contribution in [0.3, 0.4) is 0 Å². The van der Waals surface area contributed by atoms with Gasteiger partial charge in [0.15, 0.2) is 0 Å². The molecule has 2 N–H and O–H groups in total. The van der Waals surface area contributed by atoms with Gasteiger partial charge in [-0.3, -0.25) is 14.5 Å². The van der Waals surface area contributed by atoms with Gasteiger partial charge in [0.1, 0.15) is 12.1 Å². The second-order valence-corrected chi connectivity index (χ2v) is 7.84. The quantitative estimate of drug-likeness (QED) is 0.732. The number of amides is 4. The molecule has 1 spiro atoms. The summed E-state index contributed by atoms with van der Waals surface area (Å²) in [7, 11) is 3.38. The maximum absolute atomic E-state index is 12.9. The summed E-state index contributed by atoms with van der Waals surface area (Å²) in [5.74, 6) is -0.0794. The number of carbonyl (C=O) groups is 3. The number of hydrogen-bond acceptors (Lipinski definition) is 4. The fourth-order valence-corrected chi connectivity index (χ4v) is 3.73. The van der Waals surface area contributed by atoms with E-state index in [1.807, 2.05) is 13.8 Å². The highest BCUT2D eigenvalue weighted by atomic mass is 16.2. The van der Waals surface area contributed by atoms with Gasteiger partial charge in [0, 0.05) is 26.7 Å². The lowest BCUT2D eigenvalue weighted by atomic mass is 9.81. The van der Waals surface area contributed by atoms with E-state index in [1.165, 1.54) is 0 Å². The van der Waals surface area contributed by atoms with Crippen LogP contribution >= 0.6 is 0 Å². The first-order valence-corrected chi connectivity index (χ1v) is 9.30. The fraction of sp³-hybridized carbons (Fsp3) is 0.833. The Kier molecular flexibility index (Phi) is 6.08. The van der Waals surface area contributed by atoms with Crippen LogP contribution in [0.2, 0.25) is 0 Å². The van der Waals surface area contributed by atoms with Crippen molar-refractivity contribution >= 4 is 17.8 Å². The standard InChI is InChI=1S/C18H32N4O3/c1-13(2)14(19)8-11-20(3)15(23)12-22-16(24)18(21(4)17(22)25)9-6-5-7-10-18/h13-14H,5-12,19H2,1-4H3. The molecule has 142 valence electrons.